The van der Waals surface area contributed by atoms with E-state index in [0.717, 1.165) is 19.6 Å². The molecule has 1 aliphatic rings. The molecule has 1 aromatic carbocycles. The number of nitrogens with zero attached hydrogens (tertiary/aromatic N) is 2. The second-order valence-corrected chi connectivity index (χ2v) is 5.28. The summed E-state index contributed by atoms with van der Waals surface area (Å²) in [7, 11) is 1.72. The van der Waals surface area contributed by atoms with Gasteiger partial charge in [0, 0.05) is 26.0 Å². The summed E-state index contributed by atoms with van der Waals surface area (Å²) in [5, 5.41) is 0. The average molecular weight is 289 g/mol. The minimum absolute atomic E-state index is 0.0352. The summed E-state index contributed by atoms with van der Waals surface area (Å²) in [5.41, 5.74) is 0.501. The molecule has 2 nitrogen and oxygen atoms in total. The van der Waals surface area contributed by atoms with Gasteiger partial charge in [-0.25, -0.2) is 8.78 Å². The maximum Gasteiger partial charge on any atom is 0.149 e. The molecule has 1 aromatic rings. The number of likely N-dealkylation sites (N-methyl/N-ethyl adjacent to an activating group) is 1. The molecule has 0 atom stereocenters. The van der Waals surface area contributed by atoms with Crippen molar-refractivity contribution in [2.24, 2.45) is 0 Å². The Balaban J connectivity index is 2.03. The van der Waals surface area contributed by atoms with Crippen LogP contribution in [-0.2, 0) is 5.88 Å². The fourth-order valence-corrected chi connectivity index (χ4v) is 2.62. The van der Waals surface area contributed by atoms with E-state index in [0.29, 0.717) is 12.1 Å². The Morgan fingerprint density at radius 3 is 2.32 bits per heavy atom. The van der Waals surface area contributed by atoms with Crippen LogP contribution >= 0.6 is 11.6 Å². The molecule has 0 unspecified atom stereocenters. The molecule has 0 saturated carbocycles. The highest BCUT2D eigenvalue weighted by molar-refractivity contribution is 6.17. The fraction of sp³-hybridized carbons (Fsp3) is 0.571. The molecule has 0 aliphatic carbocycles. The van der Waals surface area contributed by atoms with Crippen molar-refractivity contribution < 1.29 is 8.78 Å². The lowest BCUT2D eigenvalue weighted by Crippen LogP contribution is -2.32. The third-order valence-electron chi connectivity index (χ3n) is 3.56. The van der Waals surface area contributed by atoms with Crippen LogP contribution < -0.4 is 4.90 Å². The van der Waals surface area contributed by atoms with E-state index in [-0.39, 0.29) is 11.6 Å². The summed E-state index contributed by atoms with van der Waals surface area (Å²) in [4.78, 5) is 3.96. The molecule has 1 fully saturated rings. The van der Waals surface area contributed by atoms with Gasteiger partial charge in [0.25, 0.3) is 0 Å². The number of benzene rings is 1. The first kappa shape index (κ1) is 14.5. The average Bonchev–Trinajstić information content (AvgIpc) is 2.88. The van der Waals surface area contributed by atoms with Crippen molar-refractivity contribution in [3.8, 4) is 0 Å². The Labute approximate surface area is 117 Å². The van der Waals surface area contributed by atoms with Gasteiger partial charge in [-0.15, -0.1) is 11.6 Å². The van der Waals surface area contributed by atoms with Gasteiger partial charge in [-0.05, 0) is 43.6 Å². The van der Waals surface area contributed by atoms with Gasteiger partial charge in [0.15, 0.2) is 0 Å². The van der Waals surface area contributed by atoms with Crippen LogP contribution in [0.2, 0.25) is 0 Å². The highest BCUT2D eigenvalue weighted by Crippen LogP contribution is 2.24. The highest BCUT2D eigenvalue weighted by atomic mass is 35.5. The van der Waals surface area contributed by atoms with Gasteiger partial charge in [-0.3, -0.25) is 0 Å². The number of rotatable bonds is 5. The zero-order valence-electron chi connectivity index (χ0n) is 11.1. The number of hydrogen-bond donors (Lipinski definition) is 0. The van der Waals surface area contributed by atoms with Gasteiger partial charge in [-0.1, -0.05) is 0 Å². The second-order valence-electron chi connectivity index (χ2n) is 5.01. The van der Waals surface area contributed by atoms with Crippen LogP contribution in [0.15, 0.2) is 12.1 Å². The predicted molar refractivity (Wildman–Crippen MR) is 74.9 cm³/mol. The minimum atomic E-state index is -0.542. The Kier molecular flexibility index (Phi) is 4.99. The minimum Gasteiger partial charge on any atom is -0.369 e. The zero-order valence-corrected chi connectivity index (χ0v) is 11.9. The smallest absolute Gasteiger partial charge is 0.149 e. The van der Waals surface area contributed by atoms with Gasteiger partial charge in [-0.2, -0.15) is 0 Å². The largest absolute Gasteiger partial charge is 0.369 e. The number of likely N-dealkylation sites (tertiary alicyclic amines) is 1. The lowest BCUT2D eigenvalue weighted by atomic mass is 10.2. The lowest BCUT2D eigenvalue weighted by molar-refractivity contribution is 0.346. The summed E-state index contributed by atoms with van der Waals surface area (Å²) >= 11 is 5.60. The molecule has 0 spiro atoms. The third kappa shape index (κ3) is 3.57. The molecule has 19 heavy (non-hydrogen) atoms. The summed E-state index contributed by atoms with van der Waals surface area (Å²) in [6.45, 7) is 3.63. The molecule has 0 bridgehead atoms. The summed E-state index contributed by atoms with van der Waals surface area (Å²) in [6, 6.07) is 2.61. The summed E-state index contributed by atoms with van der Waals surface area (Å²) in [6.07, 6.45) is 2.44. The Morgan fingerprint density at radius 1 is 1.21 bits per heavy atom. The Hall–Kier alpha value is -0.870. The Bertz CT molecular complexity index is 410. The van der Waals surface area contributed by atoms with E-state index in [9.17, 15) is 8.78 Å². The van der Waals surface area contributed by atoms with E-state index in [2.05, 4.69) is 4.90 Å². The van der Waals surface area contributed by atoms with E-state index < -0.39 is 11.6 Å². The van der Waals surface area contributed by atoms with Crippen molar-refractivity contribution in [1.29, 1.82) is 0 Å². The van der Waals surface area contributed by atoms with Gasteiger partial charge in [0.1, 0.15) is 17.3 Å². The summed E-state index contributed by atoms with van der Waals surface area (Å²) in [5.74, 6) is -0.967. The normalized spacial score (nSPS) is 16.0. The maximum atomic E-state index is 13.9. The van der Waals surface area contributed by atoms with Gasteiger partial charge >= 0.3 is 0 Å². The van der Waals surface area contributed by atoms with E-state index >= 15 is 0 Å². The second kappa shape index (κ2) is 6.53. The third-order valence-corrected chi connectivity index (χ3v) is 3.87. The molecule has 0 aromatic heterocycles. The number of halogens is 3. The van der Waals surface area contributed by atoms with E-state index in [4.69, 9.17) is 11.6 Å². The van der Waals surface area contributed by atoms with Crippen LogP contribution in [0.5, 0.6) is 0 Å². The first-order valence-electron chi connectivity index (χ1n) is 6.59. The monoisotopic (exact) mass is 288 g/mol. The molecule has 2 rings (SSSR count). The van der Waals surface area contributed by atoms with Crippen molar-refractivity contribution in [3.05, 3.63) is 29.3 Å². The van der Waals surface area contributed by atoms with Crippen LogP contribution in [-0.4, -0.2) is 38.1 Å². The van der Waals surface area contributed by atoms with Crippen LogP contribution in [0.4, 0.5) is 14.5 Å². The van der Waals surface area contributed by atoms with Gasteiger partial charge < -0.3 is 9.80 Å². The van der Waals surface area contributed by atoms with Crippen molar-refractivity contribution in [1.82, 2.24) is 4.90 Å². The van der Waals surface area contributed by atoms with Gasteiger partial charge in [0.05, 0.1) is 0 Å². The SMILES string of the molecule is CN(CCN1CCCC1)c1c(F)cc(CCl)cc1F. The maximum absolute atomic E-state index is 13.9. The quantitative estimate of drug-likeness (QED) is 0.768. The molecule has 0 radical (unpaired) electrons. The van der Waals surface area contributed by atoms with Crippen LogP contribution in [0.3, 0.4) is 0 Å². The number of alkyl halides is 1. The van der Waals surface area contributed by atoms with E-state index in [1.165, 1.54) is 25.0 Å². The molecule has 106 valence electrons. The van der Waals surface area contributed by atoms with Crippen molar-refractivity contribution in [2.45, 2.75) is 18.7 Å². The molecule has 5 heteroatoms. The fourth-order valence-electron chi connectivity index (χ4n) is 2.47. The molecule has 0 amide bonds. The van der Waals surface area contributed by atoms with Crippen LogP contribution in [0, 0.1) is 11.6 Å². The van der Waals surface area contributed by atoms with E-state index in [1.807, 2.05) is 0 Å². The highest BCUT2D eigenvalue weighted by Gasteiger charge is 2.17. The standard InChI is InChI=1S/C14H19ClF2N2/c1-18(6-7-19-4-2-3-5-19)14-12(16)8-11(10-15)9-13(14)17/h8-9H,2-7,10H2,1H3. The van der Waals surface area contributed by atoms with Crippen LogP contribution in [0.1, 0.15) is 18.4 Å². The van der Waals surface area contributed by atoms with Crippen molar-refractivity contribution in [2.75, 3.05) is 38.1 Å². The Morgan fingerprint density at radius 2 is 1.79 bits per heavy atom. The molecular formula is C14H19ClF2N2. The zero-order chi connectivity index (χ0) is 13.8. The first-order chi connectivity index (χ1) is 9.11. The van der Waals surface area contributed by atoms with Crippen molar-refractivity contribution in [3.63, 3.8) is 0 Å². The topological polar surface area (TPSA) is 6.48 Å². The molecule has 0 N–H and O–H groups in total. The van der Waals surface area contributed by atoms with Gasteiger partial charge in [0.2, 0.25) is 0 Å². The molecule has 1 saturated heterocycles. The predicted octanol–water partition coefficient (Wildman–Crippen LogP) is 3.24. The van der Waals surface area contributed by atoms with Crippen LogP contribution in [0.25, 0.3) is 0 Å². The van der Waals surface area contributed by atoms with E-state index in [1.54, 1.807) is 11.9 Å². The lowest BCUT2D eigenvalue weighted by Gasteiger charge is -2.24. The number of anilines is 1. The van der Waals surface area contributed by atoms with Crippen molar-refractivity contribution >= 4 is 17.3 Å². The number of hydrogen-bond acceptors (Lipinski definition) is 2. The molecule has 1 heterocycles. The molecule has 1 aliphatic heterocycles. The first-order valence-corrected chi connectivity index (χ1v) is 7.12. The molecular weight excluding hydrogens is 270 g/mol. The summed E-state index contributed by atoms with van der Waals surface area (Å²) < 4.78 is 27.8.